The summed E-state index contributed by atoms with van der Waals surface area (Å²) >= 11 is 0. The van der Waals surface area contributed by atoms with Crippen molar-refractivity contribution in [1.82, 2.24) is 9.88 Å². The van der Waals surface area contributed by atoms with E-state index in [4.69, 9.17) is 4.74 Å². The number of ether oxygens (including phenoxy) is 1. The molecule has 2 heterocycles. The summed E-state index contributed by atoms with van der Waals surface area (Å²) in [5.41, 5.74) is 1.54. The monoisotopic (exact) mass is 275 g/mol. The highest BCUT2D eigenvalue weighted by Gasteiger charge is 2.39. The summed E-state index contributed by atoms with van der Waals surface area (Å²) in [6.45, 7) is 4.14. The van der Waals surface area contributed by atoms with E-state index in [0.717, 1.165) is 31.5 Å². The zero-order valence-corrected chi connectivity index (χ0v) is 11.8. The molecule has 20 heavy (non-hydrogen) atoms. The van der Waals surface area contributed by atoms with Crippen LogP contribution in [0.15, 0.2) is 18.5 Å². The lowest BCUT2D eigenvalue weighted by Crippen LogP contribution is -2.51. The first kappa shape index (κ1) is 13.4. The van der Waals surface area contributed by atoms with Crippen LogP contribution in [0, 0.1) is 0 Å². The van der Waals surface area contributed by atoms with Crippen molar-refractivity contribution in [1.29, 1.82) is 0 Å². The van der Waals surface area contributed by atoms with Gasteiger partial charge >= 0.3 is 0 Å². The third-order valence-electron chi connectivity index (χ3n) is 4.16. The average molecular weight is 275 g/mol. The number of nitrogens with one attached hydrogen (secondary N) is 1. The van der Waals surface area contributed by atoms with E-state index in [-0.39, 0.29) is 18.1 Å². The van der Waals surface area contributed by atoms with E-state index in [1.807, 2.05) is 17.9 Å². The van der Waals surface area contributed by atoms with Crippen LogP contribution in [0.3, 0.4) is 0 Å². The number of rotatable bonds is 3. The van der Waals surface area contributed by atoms with Gasteiger partial charge in [0.1, 0.15) is 0 Å². The Morgan fingerprint density at radius 2 is 2.45 bits per heavy atom. The van der Waals surface area contributed by atoms with Gasteiger partial charge in [-0.3, -0.25) is 9.78 Å². The molecule has 5 nitrogen and oxygen atoms in total. The van der Waals surface area contributed by atoms with E-state index in [9.17, 15) is 4.79 Å². The highest BCUT2D eigenvalue weighted by Crippen LogP contribution is 2.31. The maximum atomic E-state index is 12.8. The number of pyridine rings is 1. The van der Waals surface area contributed by atoms with Crippen molar-refractivity contribution < 1.29 is 9.53 Å². The minimum Gasteiger partial charge on any atom is -0.385 e. The van der Waals surface area contributed by atoms with E-state index < -0.39 is 0 Å². The van der Waals surface area contributed by atoms with Gasteiger partial charge in [0.15, 0.2) is 0 Å². The maximum Gasteiger partial charge on any atom is 0.257 e. The molecule has 2 atom stereocenters. The van der Waals surface area contributed by atoms with Crippen molar-refractivity contribution in [2.45, 2.75) is 38.3 Å². The minimum atomic E-state index is 0.0780. The third kappa shape index (κ3) is 2.38. The molecular formula is C15H21N3O2. The molecule has 5 heteroatoms. The van der Waals surface area contributed by atoms with Gasteiger partial charge in [-0.05, 0) is 32.3 Å². The molecule has 1 saturated carbocycles. The molecule has 1 aromatic rings. The molecule has 1 saturated heterocycles. The van der Waals surface area contributed by atoms with Gasteiger partial charge in [0.25, 0.3) is 5.91 Å². The smallest absolute Gasteiger partial charge is 0.257 e. The summed E-state index contributed by atoms with van der Waals surface area (Å²) in [7, 11) is 0. The fourth-order valence-corrected chi connectivity index (χ4v) is 3.24. The Kier molecular flexibility index (Phi) is 3.87. The number of hydrogen-bond acceptors (Lipinski definition) is 4. The molecule has 108 valence electrons. The molecule has 2 aliphatic rings. The number of morpholine rings is 1. The number of carbonyl (C=O) groups is 1. The fourth-order valence-electron chi connectivity index (χ4n) is 3.24. The summed E-state index contributed by atoms with van der Waals surface area (Å²) in [6.07, 6.45) is 6.87. The first-order valence-electron chi connectivity index (χ1n) is 7.41. The van der Waals surface area contributed by atoms with Gasteiger partial charge in [0.2, 0.25) is 0 Å². The number of aromatic nitrogens is 1. The molecule has 1 aromatic heterocycles. The Morgan fingerprint density at radius 1 is 1.55 bits per heavy atom. The van der Waals surface area contributed by atoms with Crippen LogP contribution < -0.4 is 5.32 Å². The van der Waals surface area contributed by atoms with Crippen LogP contribution in [0.5, 0.6) is 0 Å². The SMILES string of the molecule is CCNc1ccncc1C(=O)N1CCOC2CCCC21. The first-order chi connectivity index (χ1) is 9.81. The number of nitrogens with zero attached hydrogens (tertiary/aromatic N) is 2. The summed E-state index contributed by atoms with van der Waals surface area (Å²) in [5, 5.41) is 3.24. The second-order valence-electron chi connectivity index (χ2n) is 5.36. The lowest BCUT2D eigenvalue weighted by atomic mass is 10.1. The molecule has 1 aliphatic heterocycles. The van der Waals surface area contributed by atoms with E-state index >= 15 is 0 Å². The maximum absolute atomic E-state index is 12.8. The van der Waals surface area contributed by atoms with Crippen molar-refractivity contribution in [3.8, 4) is 0 Å². The second-order valence-corrected chi connectivity index (χ2v) is 5.36. The Morgan fingerprint density at radius 3 is 3.30 bits per heavy atom. The highest BCUT2D eigenvalue weighted by atomic mass is 16.5. The number of carbonyl (C=O) groups excluding carboxylic acids is 1. The summed E-state index contributed by atoms with van der Waals surface area (Å²) < 4.78 is 5.77. The van der Waals surface area contributed by atoms with Gasteiger partial charge in [-0.2, -0.15) is 0 Å². The molecule has 2 fully saturated rings. The lowest BCUT2D eigenvalue weighted by Gasteiger charge is -2.38. The topological polar surface area (TPSA) is 54.5 Å². The normalized spacial score (nSPS) is 25.4. The van der Waals surface area contributed by atoms with Crippen molar-refractivity contribution in [3.05, 3.63) is 24.0 Å². The summed E-state index contributed by atoms with van der Waals surface area (Å²) in [5.74, 6) is 0.0780. The Hall–Kier alpha value is -1.62. The van der Waals surface area contributed by atoms with Gasteiger partial charge in [0, 0.05) is 25.5 Å². The van der Waals surface area contributed by atoms with Gasteiger partial charge < -0.3 is 15.0 Å². The molecule has 0 bridgehead atoms. The number of fused-ring (bicyclic) bond motifs is 1. The van der Waals surface area contributed by atoms with Gasteiger partial charge in [-0.1, -0.05) is 0 Å². The average Bonchev–Trinajstić information content (AvgIpc) is 2.96. The van der Waals surface area contributed by atoms with Crippen molar-refractivity contribution in [2.75, 3.05) is 25.0 Å². The molecule has 1 N–H and O–H groups in total. The Labute approximate surface area is 119 Å². The van der Waals surface area contributed by atoms with Crippen molar-refractivity contribution in [3.63, 3.8) is 0 Å². The zero-order chi connectivity index (χ0) is 13.9. The number of anilines is 1. The van der Waals surface area contributed by atoms with E-state index in [0.29, 0.717) is 18.7 Å². The summed E-state index contributed by atoms with van der Waals surface area (Å²) in [6, 6.07) is 2.11. The Bertz CT molecular complexity index is 492. The predicted octanol–water partition coefficient (Wildman–Crippen LogP) is 1.91. The molecular weight excluding hydrogens is 254 g/mol. The van der Waals surface area contributed by atoms with Crippen LogP contribution in [0.1, 0.15) is 36.5 Å². The van der Waals surface area contributed by atoms with Crippen molar-refractivity contribution >= 4 is 11.6 Å². The molecule has 0 aromatic carbocycles. The van der Waals surface area contributed by atoms with Gasteiger partial charge in [-0.15, -0.1) is 0 Å². The van der Waals surface area contributed by atoms with E-state index in [1.165, 1.54) is 0 Å². The molecule has 0 spiro atoms. The van der Waals surface area contributed by atoms with Crippen LogP contribution in [0.4, 0.5) is 5.69 Å². The largest absolute Gasteiger partial charge is 0.385 e. The zero-order valence-electron chi connectivity index (χ0n) is 11.8. The minimum absolute atomic E-state index is 0.0780. The third-order valence-corrected chi connectivity index (χ3v) is 4.16. The van der Waals surface area contributed by atoms with Crippen LogP contribution in [0.2, 0.25) is 0 Å². The number of amides is 1. The van der Waals surface area contributed by atoms with Crippen LogP contribution in [-0.2, 0) is 4.74 Å². The molecule has 0 radical (unpaired) electrons. The lowest BCUT2D eigenvalue weighted by molar-refractivity contribution is -0.0445. The molecule has 2 unspecified atom stereocenters. The fraction of sp³-hybridized carbons (Fsp3) is 0.600. The summed E-state index contributed by atoms with van der Waals surface area (Å²) in [4.78, 5) is 18.9. The van der Waals surface area contributed by atoms with Crippen LogP contribution in [0.25, 0.3) is 0 Å². The molecule has 1 amide bonds. The highest BCUT2D eigenvalue weighted by molar-refractivity contribution is 5.99. The van der Waals surface area contributed by atoms with E-state index in [2.05, 4.69) is 10.3 Å². The van der Waals surface area contributed by atoms with E-state index in [1.54, 1.807) is 12.4 Å². The van der Waals surface area contributed by atoms with Gasteiger partial charge in [0.05, 0.1) is 30.0 Å². The molecule has 1 aliphatic carbocycles. The predicted molar refractivity (Wildman–Crippen MR) is 76.8 cm³/mol. The van der Waals surface area contributed by atoms with Crippen molar-refractivity contribution in [2.24, 2.45) is 0 Å². The first-order valence-corrected chi connectivity index (χ1v) is 7.41. The van der Waals surface area contributed by atoms with Crippen LogP contribution >= 0.6 is 0 Å². The van der Waals surface area contributed by atoms with Gasteiger partial charge in [-0.25, -0.2) is 0 Å². The number of hydrogen-bond donors (Lipinski definition) is 1. The standard InChI is InChI=1S/C15H21N3O2/c1-2-17-12-6-7-16-10-11(12)15(19)18-8-9-20-14-5-3-4-13(14)18/h6-7,10,13-14H,2-5,8-9H2,1H3,(H,16,17). The van der Waals surface area contributed by atoms with Crippen LogP contribution in [-0.4, -0.2) is 47.6 Å². The molecule has 3 rings (SSSR count). The second kappa shape index (κ2) is 5.79. The Balaban J connectivity index is 1.84. The quantitative estimate of drug-likeness (QED) is 0.915.